The van der Waals surface area contributed by atoms with Gasteiger partial charge in [-0.2, -0.15) is 0 Å². The van der Waals surface area contributed by atoms with Gasteiger partial charge in [0.15, 0.2) is 0 Å². The van der Waals surface area contributed by atoms with Crippen LogP contribution in [0.3, 0.4) is 0 Å². The molecule has 3 nitrogen and oxygen atoms in total. The van der Waals surface area contributed by atoms with Crippen LogP contribution < -0.4 is 0 Å². The monoisotopic (exact) mass is 185 g/mol. The van der Waals surface area contributed by atoms with Gasteiger partial charge >= 0.3 is 0 Å². The van der Waals surface area contributed by atoms with Crippen molar-refractivity contribution < 1.29 is 9.84 Å². The summed E-state index contributed by atoms with van der Waals surface area (Å²) in [5.41, 5.74) is 0. The van der Waals surface area contributed by atoms with E-state index in [1.165, 1.54) is 11.3 Å². The average molecular weight is 185 g/mol. The maximum atomic E-state index is 9.05. The van der Waals surface area contributed by atoms with Gasteiger partial charge in [0.25, 0.3) is 0 Å². The lowest BCUT2D eigenvalue weighted by Gasteiger charge is -2.19. The highest BCUT2D eigenvalue weighted by Crippen LogP contribution is 2.30. The summed E-state index contributed by atoms with van der Waals surface area (Å²) in [6.45, 7) is 1.65. The number of rotatable bonds is 1. The van der Waals surface area contributed by atoms with Crippen molar-refractivity contribution in [3.8, 4) is 5.88 Å². The number of aromatic hydroxyl groups is 1. The molecule has 1 fully saturated rings. The Morgan fingerprint density at radius 2 is 2.25 bits per heavy atom. The van der Waals surface area contributed by atoms with E-state index in [-0.39, 0.29) is 5.88 Å². The minimum absolute atomic E-state index is 0.154. The van der Waals surface area contributed by atoms with Crippen molar-refractivity contribution in [2.24, 2.45) is 0 Å². The normalized spacial score (nSPS) is 19.7. The molecule has 0 amide bonds. The molecular weight excluding hydrogens is 174 g/mol. The van der Waals surface area contributed by atoms with Crippen molar-refractivity contribution in [2.75, 3.05) is 13.2 Å². The second kappa shape index (κ2) is 3.41. The second-order valence-corrected chi connectivity index (χ2v) is 3.82. The summed E-state index contributed by atoms with van der Waals surface area (Å²) in [6.07, 6.45) is 2.07. The largest absolute Gasteiger partial charge is 0.493 e. The first-order chi connectivity index (χ1) is 5.86. The molecule has 66 valence electrons. The molecule has 0 saturated carbocycles. The molecule has 0 unspecified atom stereocenters. The van der Waals surface area contributed by atoms with Crippen molar-refractivity contribution >= 4 is 11.3 Å². The predicted octanol–water partition coefficient (Wildman–Crippen LogP) is 1.74. The summed E-state index contributed by atoms with van der Waals surface area (Å²) >= 11 is 1.54. The molecule has 0 aromatic carbocycles. The van der Waals surface area contributed by atoms with Gasteiger partial charge in [-0.15, -0.1) is 11.3 Å². The minimum Gasteiger partial charge on any atom is -0.493 e. The lowest BCUT2D eigenvalue weighted by molar-refractivity contribution is 0.0852. The SMILES string of the molecule is Oc1csc(C2CCOCC2)n1. The Balaban J connectivity index is 2.08. The van der Waals surface area contributed by atoms with Gasteiger partial charge in [0.1, 0.15) is 0 Å². The Morgan fingerprint density at radius 1 is 1.50 bits per heavy atom. The third kappa shape index (κ3) is 1.59. The van der Waals surface area contributed by atoms with E-state index in [9.17, 15) is 0 Å². The van der Waals surface area contributed by atoms with Gasteiger partial charge in [0.2, 0.25) is 5.88 Å². The van der Waals surface area contributed by atoms with Gasteiger partial charge in [0, 0.05) is 19.1 Å². The Labute approximate surface area is 75.0 Å². The number of hydrogen-bond donors (Lipinski definition) is 1. The molecule has 0 atom stereocenters. The molecule has 0 spiro atoms. The van der Waals surface area contributed by atoms with Gasteiger partial charge in [0.05, 0.1) is 10.4 Å². The maximum Gasteiger partial charge on any atom is 0.222 e. The third-order valence-electron chi connectivity index (χ3n) is 2.08. The van der Waals surface area contributed by atoms with Crippen LogP contribution >= 0.6 is 11.3 Å². The Hall–Kier alpha value is -0.610. The van der Waals surface area contributed by atoms with E-state index in [0.29, 0.717) is 5.92 Å². The van der Waals surface area contributed by atoms with E-state index < -0.39 is 0 Å². The zero-order chi connectivity index (χ0) is 8.39. The average Bonchev–Trinajstić information content (AvgIpc) is 2.54. The second-order valence-electron chi connectivity index (χ2n) is 2.93. The molecule has 1 aromatic heterocycles. The Morgan fingerprint density at radius 3 is 2.83 bits per heavy atom. The van der Waals surface area contributed by atoms with Crippen LogP contribution in [-0.2, 0) is 4.74 Å². The summed E-state index contributed by atoms with van der Waals surface area (Å²) in [7, 11) is 0. The predicted molar refractivity (Wildman–Crippen MR) is 46.6 cm³/mol. The quantitative estimate of drug-likeness (QED) is 0.724. The maximum absolute atomic E-state index is 9.05. The van der Waals surface area contributed by atoms with E-state index >= 15 is 0 Å². The molecule has 1 aliphatic rings. The van der Waals surface area contributed by atoms with E-state index in [0.717, 1.165) is 31.1 Å². The highest BCUT2D eigenvalue weighted by atomic mass is 32.1. The van der Waals surface area contributed by atoms with E-state index in [1.807, 2.05) is 0 Å². The first kappa shape index (κ1) is 8.01. The first-order valence-electron chi connectivity index (χ1n) is 4.08. The van der Waals surface area contributed by atoms with Crippen molar-refractivity contribution in [1.29, 1.82) is 0 Å². The van der Waals surface area contributed by atoms with Crippen molar-refractivity contribution in [1.82, 2.24) is 4.98 Å². The fourth-order valence-electron chi connectivity index (χ4n) is 1.41. The molecule has 1 aromatic rings. The zero-order valence-electron chi connectivity index (χ0n) is 6.69. The highest BCUT2D eigenvalue weighted by molar-refractivity contribution is 7.09. The van der Waals surface area contributed by atoms with Gasteiger partial charge in [-0.05, 0) is 12.8 Å². The van der Waals surface area contributed by atoms with Gasteiger partial charge in [-0.3, -0.25) is 0 Å². The van der Waals surface area contributed by atoms with Gasteiger partial charge < -0.3 is 9.84 Å². The molecule has 0 aliphatic carbocycles. The van der Waals surface area contributed by atoms with Crippen LogP contribution in [0.4, 0.5) is 0 Å². The lowest BCUT2D eigenvalue weighted by atomic mass is 10.0. The minimum atomic E-state index is 0.154. The number of aromatic nitrogens is 1. The van der Waals surface area contributed by atoms with Crippen LogP contribution in [0.15, 0.2) is 5.38 Å². The van der Waals surface area contributed by atoms with Crippen molar-refractivity contribution in [2.45, 2.75) is 18.8 Å². The van der Waals surface area contributed by atoms with Crippen LogP contribution in [0.1, 0.15) is 23.8 Å². The highest BCUT2D eigenvalue weighted by Gasteiger charge is 2.18. The molecule has 1 N–H and O–H groups in total. The molecule has 0 radical (unpaired) electrons. The molecule has 0 bridgehead atoms. The standard InChI is InChI=1S/C8H11NO2S/c10-7-5-12-8(9-7)6-1-3-11-4-2-6/h5-6,10H,1-4H2. The van der Waals surface area contributed by atoms with Crippen LogP contribution in [0, 0.1) is 0 Å². The third-order valence-corrected chi connectivity index (χ3v) is 3.08. The Bertz CT molecular complexity index is 255. The summed E-state index contributed by atoms with van der Waals surface area (Å²) < 4.78 is 5.24. The number of hydrogen-bond acceptors (Lipinski definition) is 4. The summed E-state index contributed by atoms with van der Waals surface area (Å²) in [5, 5.41) is 11.8. The molecule has 1 aliphatic heterocycles. The molecule has 1 saturated heterocycles. The van der Waals surface area contributed by atoms with Gasteiger partial charge in [-0.25, -0.2) is 4.98 Å². The van der Waals surface area contributed by atoms with Crippen LogP contribution in [-0.4, -0.2) is 23.3 Å². The van der Waals surface area contributed by atoms with E-state index in [1.54, 1.807) is 5.38 Å². The van der Waals surface area contributed by atoms with Crippen LogP contribution in [0.5, 0.6) is 5.88 Å². The summed E-state index contributed by atoms with van der Waals surface area (Å²) in [4.78, 5) is 4.05. The molecular formula is C8H11NO2S. The zero-order valence-corrected chi connectivity index (χ0v) is 7.51. The van der Waals surface area contributed by atoms with E-state index in [4.69, 9.17) is 9.84 Å². The number of thiazole rings is 1. The van der Waals surface area contributed by atoms with Gasteiger partial charge in [-0.1, -0.05) is 0 Å². The molecule has 12 heavy (non-hydrogen) atoms. The summed E-state index contributed by atoms with van der Waals surface area (Å²) in [6, 6.07) is 0. The fourth-order valence-corrected chi connectivity index (χ4v) is 2.26. The Kier molecular flexibility index (Phi) is 2.28. The molecule has 4 heteroatoms. The van der Waals surface area contributed by atoms with Crippen molar-refractivity contribution in [3.63, 3.8) is 0 Å². The number of ether oxygens (including phenoxy) is 1. The number of nitrogens with zero attached hydrogens (tertiary/aromatic N) is 1. The summed E-state index contributed by atoms with van der Waals surface area (Å²) in [5.74, 6) is 0.658. The first-order valence-corrected chi connectivity index (χ1v) is 4.96. The fraction of sp³-hybridized carbons (Fsp3) is 0.625. The topological polar surface area (TPSA) is 42.4 Å². The lowest BCUT2D eigenvalue weighted by Crippen LogP contribution is -2.13. The van der Waals surface area contributed by atoms with Crippen molar-refractivity contribution in [3.05, 3.63) is 10.4 Å². The molecule has 2 rings (SSSR count). The van der Waals surface area contributed by atoms with E-state index in [2.05, 4.69) is 4.98 Å². The van der Waals surface area contributed by atoms with Crippen LogP contribution in [0.2, 0.25) is 0 Å². The van der Waals surface area contributed by atoms with Crippen LogP contribution in [0.25, 0.3) is 0 Å². The molecule has 2 heterocycles. The smallest absolute Gasteiger partial charge is 0.222 e.